The first-order valence-corrected chi connectivity index (χ1v) is 9.08. The Kier molecular flexibility index (Phi) is 5.57. The van der Waals surface area contributed by atoms with E-state index < -0.39 is 5.97 Å². The van der Waals surface area contributed by atoms with Crippen LogP contribution in [0.5, 0.6) is 11.6 Å². The van der Waals surface area contributed by atoms with E-state index in [2.05, 4.69) is 15.9 Å². The Morgan fingerprint density at radius 2 is 2.00 bits per heavy atom. The lowest BCUT2D eigenvalue weighted by atomic mass is 10.2. The molecular formula is C20H18N2O4S. The zero-order chi connectivity index (χ0) is 19.4. The summed E-state index contributed by atoms with van der Waals surface area (Å²) in [5.41, 5.74) is 0.837. The highest BCUT2D eigenvalue weighted by atomic mass is 32.1. The van der Waals surface area contributed by atoms with Gasteiger partial charge in [0.2, 0.25) is 5.88 Å². The highest BCUT2D eigenvalue weighted by Crippen LogP contribution is 2.42. The highest BCUT2D eigenvalue weighted by molar-refractivity contribution is 7.20. The van der Waals surface area contributed by atoms with Crippen molar-refractivity contribution in [1.82, 2.24) is 9.97 Å². The quantitative estimate of drug-likeness (QED) is 0.475. The van der Waals surface area contributed by atoms with Gasteiger partial charge in [-0.05, 0) is 13.8 Å². The number of hydrogen-bond donors (Lipinski definition) is 0. The highest BCUT2D eigenvalue weighted by Gasteiger charge is 2.27. The molecule has 0 fully saturated rings. The maximum Gasteiger partial charge on any atom is 0.352 e. The monoisotopic (exact) mass is 382 g/mol. The number of rotatable bonds is 6. The van der Waals surface area contributed by atoms with Crippen molar-refractivity contribution in [3.63, 3.8) is 0 Å². The van der Waals surface area contributed by atoms with Crippen molar-refractivity contribution >= 4 is 27.5 Å². The maximum absolute atomic E-state index is 12.5. The number of thiophene rings is 1. The molecule has 0 aliphatic heterocycles. The number of benzene rings is 1. The SMILES string of the molecule is C#CCOc1c(C(=O)OC(C)C)sc2nc(-c3ccccc3)nc(OC)c12. The van der Waals surface area contributed by atoms with Crippen molar-refractivity contribution < 1.29 is 19.0 Å². The summed E-state index contributed by atoms with van der Waals surface area (Å²) in [5, 5.41) is 0.508. The normalized spacial score (nSPS) is 10.6. The van der Waals surface area contributed by atoms with Crippen LogP contribution in [0.1, 0.15) is 23.5 Å². The van der Waals surface area contributed by atoms with Gasteiger partial charge in [0.25, 0.3) is 0 Å². The number of fused-ring (bicyclic) bond motifs is 1. The van der Waals surface area contributed by atoms with Gasteiger partial charge in [-0.2, -0.15) is 4.98 Å². The van der Waals surface area contributed by atoms with Gasteiger partial charge in [0.05, 0.1) is 13.2 Å². The van der Waals surface area contributed by atoms with Gasteiger partial charge in [0, 0.05) is 5.56 Å². The minimum Gasteiger partial charge on any atom is -0.480 e. The molecule has 0 radical (unpaired) electrons. The van der Waals surface area contributed by atoms with Crippen LogP contribution in [0.4, 0.5) is 0 Å². The number of terminal acetylenes is 1. The van der Waals surface area contributed by atoms with E-state index in [-0.39, 0.29) is 23.3 Å². The number of nitrogens with zero attached hydrogens (tertiary/aromatic N) is 2. The minimum absolute atomic E-state index is 0.00260. The van der Waals surface area contributed by atoms with Crippen LogP contribution in [0.25, 0.3) is 21.6 Å². The van der Waals surface area contributed by atoms with Crippen LogP contribution in [-0.2, 0) is 4.74 Å². The summed E-state index contributed by atoms with van der Waals surface area (Å²) in [4.78, 5) is 22.4. The van der Waals surface area contributed by atoms with Gasteiger partial charge in [-0.1, -0.05) is 36.3 Å². The summed E-state index contributed by atoms with van der Waals surface area (Å²) in [6.45, 7) is 3.56. The summed E-state index contributed by atoms with van der Waals surface area (Å²) in [6.07, 6.45) is 5.05. The molecule has 0 saturated carbocycles. The lowest BCUT2D eigenvalue weighted by Gasteiger charge is -2.09. The van der Waals surface area contributed by atoms with Crippen molar-refractivity contribution in [3.05, 3.63) is 35.2 Å². The Bertz CT molecular complexity index is 1010. The summed E-state index contributed by atoms with van der Waals surface area (Å²) in [5.74, 6) is 3.00. The second kappa shape index (κ2) is 8.06. The van der Waals surface area contributed by atoms with Crippen LogP contribution in [0, 0.1) is 12.3 Å². The van der Waals surface area contributed by atoms with Crippen molar-refractivity contribution in [1.29, 1.82) is 0 Å². The van der Waals surface area contributed by atoms with E-state index in [1.807, 2.05) is 30.3 Å². The predicted octanol–water partition coefficient (Wildman–Crippen LogP) is 3.94. The lowest BCUT2D eigenvalue weighted by Crippen LogP contribution is -2.11. The first-order valence-electron chi connectivity index (χ1n) is 8.26. The molecule has 0 aliphatic carbocycles. The number of carbonyl (C=O) groups excluding carboxylic acids is 1. The second-order valence-electron chi connectivity index (χ2n) is 5.81. The van der Waals surface area contributed by atoms with Crippen LogP contribution in [0.3, 0.4) is 0 Å². The van der Waals surface area contributed by atoms with E-state index in [1.165, 1.54) is 7.11 Å². The smallest absolute Gasteiger partial charge is 0.352 e. The van der Waals surface area contributed by atoms with E-state index in [0.29, 0.717) is 21.9 Å². The fourth-order valence-corrected chi connectivity index (χ4v) is 3.46. The average Bonchev–Trinajstić information content (AvgIpc) is 3.04. The first-order chi connectivity index (χ1) is 13.0. The lowest BCUT2D eigenvalue weighted by molar-refractivity contribution is 0.0380. The summed E-state index contributed by atoms with van der Waals surface area (Å²) >= 11 is 1.16. The third-order valence-corrected chi connectivity index (χ3v) is 4.57. The second-order valence-corrected chi connectivity index (χ2v) is 6.81. The van der Waals surface area contributed by atoms with Gasteiger partial charge in [0.1, 0.15) is 16.8 Å². The summed E-state index contributed by atoms with van der Waals surface area (Å²) in [7, 11) is 1.51. The van der Waals surface area contributed by atoms with Gasteiger partial charge in [0.15, 0.2) is 16.5 Å². The third kappa shape index (κ3) is 3.86. The zero-order valence-electron chi connectivity index (χ0n) is 15.2. The number of esters is 1. The maximum atomic E-state index is 12.5. The van der Waals surface area contributed by atoms with Gasteiger partial charge in [-0.15, -0.1) is 17.8 Å². The molecule has 27 heavy (non-hydrogen) atoms. The molecule has 7 heteroatoms. The van der Waals surface area contributed by atoms with Gasteiger partial charge in [-0.3, -0.25) is 0 Å². The van der Waals surface area contributed by atoms with Gasteiger partial charge in [-0.25, -0.2) is 9.78 Å². The first kappa shape index (κ1) is 18.7. The summed E-state index contributed by atoms with van der Waals surface area (Å²) < 4.78 is 16.4. The third-order valence-electron chi connectivity index (χ3n) is 3.53. The zero-order valence-corrected chi connectivity index (χ0v) is 16.0. The number of methoxy groups -OCH3 is 1. The number of ether oxygens (including phenoxy) is 3. The van der Waals surface area contributed by atoms with Crippen molar-refractivity contribution in [2.45, 2.75) is 20.0 Å². The van der Waals surface area contributed by atoms with E-state index in [0.717, 1.165) is 16.9 Å². The van der Waals surface area contributed by atoms with Crippen molar-refractivity contribution in [2.75, 3.05) is 13.7 Å². The average molecular weight is 382 g/mol. The molecule has 3 aromatic rings. The van der Waals surface area contributed by atoms with Gasteiger partial charge < -0.3 is 14.2 Å². The Balaban J connectivity index is 2.21. The van der Waals surface area contributed by atoms with Crippen molar-refractivity contribution in [2.24, 2.45) is 0 Å². The Morgan fingerprint density at radius 3 is 2.63 bits per heavy atom. The Labute approximate surface area is 161 Å². The van der Waals surface area contributed by atoms with Crippen LogP contribution in [0.2, 0.25) is 0 Å². The molecular weight excluding hydrogens is 364 g/mol. The molecule has 0 bridgehead atoms. The molecule has 0 spiro atoms. The van der Waals surface area contributed by atoms with Crippen LogP contribution >= 0.6 is 11.3 Å². The van der Waals surface area contributed by atoms with E-state index in [9.17, 15) is 4.79 Å². The molecule has 0 amide bonds. The van der Waals surface area contributed by atoms with E-state index in [4.69, 9.17) is 20.6 Å². The number of hydrogen-bond acceptors (Lipinski definition) is 7. The standard InChI is InChI=1S/C20H18N2O4S/c1-5-11-25-15-14-18(24-4)21-17(13-9-7-6-8-10-13)22-19(14)27-16(15)20(23)26-12(2)3/h1,6-10,12H,11H2,2-4H3. The van der Waals surface area contributed by atoms with E-state index in [1.54, 1.807) is 13.8 Å². The predicted molar refractivity (Wildman–Crippen MR) is 104 cm³/mol. The minimum atomic E-state index is -0.497. The molecule has 138 valence electrons. The molecule has 0 saturated heterocycles. The number of aromatic nitrogens is 2. The molecule has 0 unspecified atom stereocenters. The topological polar surface area (TPSA) is 70.5 Å². The molecule has 0 atom stereocenters. The molecule has 0 aliphatic rings. The Hall–Kier alpha value is -3.11. The van der Waals surface area contributed by atoms with Crippen LogP contribution in [0.15, 0.2) is 30.3 Å². The molecule has 1 aromatic carbocycles. The molecule has 2 aromatic heterocycles. The fourth-order valence-electron chi connectivity index (χ4n) is 2.46. The molecule has 3 rings (SSSR count). The molecule has 2 heterocycles. The van der Waals surface area contributed by atoms with Gasteiger partial charge >= 0.3 is 5.97 Å². The molecule has 0 N–H and O–H groups in total. The number of carbonyl (C=O) groups is 1. The van der Waals surface area contributed by atoms with Crippen LogP contribution < -0.4 is 9.47 Å². The summed E-state index contributed by atoms with van der Waals surface area (Å²) in [6, 6.07) is 9.51. The van der Waals surface area contributed by atoms with Crippen molar-refractivity contribution in [3.8, 4) is 35.4 Å². The largest absolute Gasteiger partial charge is 0.480 e. The van der Waals surface area contributed by atoms with Crippen LogP contribution in [-0.4, -0.2) is 35.8 Å². The Morgan fingerprint density at radius 1 is 1.26 bits per heavy atom. The fraction of sp³-hybridized carbons (Fsp3) is 0.250. The molecule has 6 nitrogen and oxygen atoms in total. The van der Waals surface area contributed by atoms with E-state index >= 15 is 0 Å².